The summed E-state index contributed by atoms with van der Waals surface area (Å²) in [5.74, 6) is -0.224. The Kier molecular flexibility index (Phi) is 8.77. The Morgan fingerprint density at radius 2 is 1.81 bits per heavy atom. The Morgan fingerprint density at radius 1 is 1.25 bits per heavy atom. The Labute approximate surface area is 97.5 Å². The molecule has 0 radical (unpaired) electrons. The summed E-state index contributed by atoms with van der Waals surface area (Å²) in [6.07, 6.45) is 0.727. The van der Waals surface area contributed by atoms with E-state index in [0.717, 1.165) is 18.5 Å². The number of hydrogen-bond donors (Lipinski definition) is 2. The van der Waals surface area contributed by atoms with E-state index in [4.69, 9.17) is 5.11 Å². The maximum absolute atomic E-state index is 12.6. The van der Waals surface area contributed by atoms with Crippen molar-refractivity contribution in [3.63, 3.8) is 0 Å². The molecule has 1 aromatic rings. The monoisotopic (exact) mass is 227 g/mol. The minimum atomic E-state index is -0.224. The van der Waals surface area contributed by atoms with E-state index in [-0.39, 0.29) is 18.5 Å². The third-order valence-electron chi connectivity index (χ3n) is 2.11. The smallest absolute Gasteiger partial charge is 0.123 e. The molecule has 0 spiro atoms. The standard InChI is InChI=1S/C11H16FNO.C2H6/c1-2-13-11(8-14)7-9-3-5-10(12)6-4-9;1-2/h3-6,11,13-14H,2,7-8H2,1H3;1-2H3. The van der Waals surface area contributed by atoms with Gasteiger partial charge < -0.3 is 10.4 Å². The van der Waals surface area contributed by atoms with E-state index in [1.54, 1.807) is 12.1 Å². The number of hydrogen-bond acceptors (Lipinski definition) is 2. The van der Waals surface area contributed by atoms with Crippen LogP contribution in [-0.2, 0) is 6.42 Å². The molecule has 0 aromatic heterocycles. The molecule has 2 nitrogen and oxygen atoms in total. The lowest BCUT2D eigenvalue weighted by molar-refractivity contribution is 0.243. The molecule has 2 N–H and O–H groups in total. The molecule has 0 fully saturated rings. The summed E-state index contributed by atoms with van der Waals surface area (Å²) in [5.41, 5.74) is 1.03. The first kappa shape index (κ1) is 15.1. The van der Waals surface area contributed by atoms with Crippen LogP contribution in [0.25, 0.3) is 0 Å². The summed E-state index contributed by atoms with van der Waals surface area (Å²) in [5, 5.41) is 12.2. The highest BCUT2D eigenvalue weighted by Gasteiger charge is 2.06. The van der Waals surface area contributed by atoms with Gasteiger partial charge in [0.25, 0.3) is 0 Å². The number of likely N-dealkylation sites (N-methyl/N-ethyl adjacent to an activating group) is 1. The molecule has 0 heterocycles. The molecular weight excluding hydrogens is 205 g/mol. The van der Waals surface area contributed by atoms with E-state index in [0.29, 0.717) is 0 Å². The first-order valence-electron chi connectivity index (χ1n) is 5.85. The van der Waals surface area contributed by atoms with Crippen molar-refractivity contribution in [2.75, 3.05) is 13.2 Å². The lowest BCUT2D eigenvalue weighted by Gasteiger charge is -2.14. The van der Waals surface area contributed by atoms with Gasteiger partial charge in [-0.15, -0.1) is 0 Å². The third kappa shape index (κ3) is 5.83. The molecule has 1 atom stereocenters. The average Bonchev–Trinajstić information content (AvgIpc) is 2.34. The lowest BCUT2D eigenvalue weighted by atomic mass is 10.1. The van der Waals surface area contributed by atoms with Crippen LogP contribution in [0.1, 0.15) is 26.3 Å². The minimum Gasteiger partial charge on any atom is -0.395 e. The molecule has 16 heavy (non-hydrogen) atoms. The maximum Gasteiger partial charge on any atom is 0.123 e. The molecule has 1 rings (SSSR count). The number of nitrogens with one attached hydrogen (secondary N) is 1. The first-order valence-corrected chi connectivity index (χ1v) is 5.85. The van der Waals surface area contributed by atoms with Crippen LogP contribution in [0.3, 0.4) is 0 Å². The molecule has 0 saturated heterocycles. The highest BCUT2D eigenvalue weighted by Crippen LogP contribution is 2.05. The van der Waals surface area contributed by atoms with Gasteiger partial charge >= 0.3 is 0 Å². The molecule has 1 aromatic carbocycles. The molecule has 0 aliphatic rings. The van der Waals surface area contributed by atoms with Gasteiger partial charge in [-0.1, -0.05) is 32.9 Å². The van der Waals surface area contributed by atoms with Crippen LogP contribution in [0.2, 0.25) is 0 Å². The van der Waals surface area contributed by atoms with Crippen LogP contribution in [-0.4, -0.2) is 24.3 Å². The second-order valence-corrected chi connectivity index (χ2v) is 3.27. The van der Waals surface area contributed by atoms with E-state index in [9.17, 15) is 4.39 Å². The molecule has 0 amide bonds. The van der Waals surface area contributed by atoms with E-state index >= 15 is 0 Å². The van der Waals surface area contributed by atoms with Gasteiger partial charge in [0.15, 0.2) is 0 Å². The van der Waals surface area contributed by atoms with Gasteiger partial charge in [-0.25, -0.2) is 4.39 Å². The summed E-state index contributed by atoms with van der Waals surface area (Å²) in [4.78, 5) is 0. The van der Waals surface area contributed by atoms with Gasteiger partial charge in [0.05, 0.1) is 6.61 Å². The Hall–Kier alpha value is -0.930. The van der Waals surface area contributed by atoms with Crippen molar-refractivity contribution in [3.8, 4) is 0 Å². The molecule has 0 bridgehead atoms. The summed E-state index contributed by atoms with van der Waals surface area (Å²) < 4.78 is 12.6. The zero-order chi connectivity index (χ0) is 12.4. The van der Waals surface area contributed by atoms with Crippen LogP contribution >= 0.6 is 0 Å². The number of benzene rings is 1. The van der Waals surface area contributed by atoms with Crippen molar-refractivity contribution in [1.82, 2.24) is 5.32 Å². The summed E-state index contributed by atoms with van der Waals surface area (Å²) in [7, 11) is 0. The van der Waals surface area contributed by atoms with Gasteiger partial charge in [0.1, 0.15) is 5.82 Å². The van der Waals surface area contributed by atoms with Gasteiger partial charge in [0, 0.05) is 6.04 Å². The predicted molar refractivity (Wildman–Crippen MR) is 66.0 cm³/mol. The van der Waals surface area contributed by atoms with Crippen LogP contribution in [0, 0.1) is 5.82 Å². The predicted octanol–water partition coefficient (Wildman–Crippen LogP) is 2.36. The number of aliphatic hydroxyl groups excluding tert-OH is 1. The SMILES string of the molecule is CC.CCNC(CO)Cc1ccc(F)cc1. The second kappa shape index (κ2) is 9.31. The fraction of sp³-hybridized carbons (Fsp3) is 0.538. The molecule has 0 aliphatic carbocycles. The third-order valence-corrected chi connectivity index (χ3v) is 2.11. The van der Waals surface area contributed by atoms with Crippen LogP contribution in [0.4, 0.5) is 4.39 Å². The normalized spacial score (nSPS) is 11.6. The summed E-state index contributed by atoms with van der Waals surface area (Å²) >= 11 is 0. The quantitative estimate of drug-likeness (QED) is 0.809. The van der Waals surface area contributed by atoms with Crippen LogP contribution in [0.5, 0.6) is 0 Å². The lowest BCUT2D eigenvalue weighted by Crippen LogP contribution is -2.34. The molecule has 1 unspecified atom stereocenters. The van der Waals surface area contributed by atoms with Crippen LogP contribution < -0.4 is 5.32 Å². The van der Waals surface area contributed by atoms with Crippen LogP contribution in [0.15, 0.2) is 24.3 Å². The second-order valence-electron chi connectivity index (χ2n) is 3.27. The topological polar surface area (TPSA) is 32.3 Å². The van der Waals surface area contributed by atoms with E-state index in [2.05, 4.69) is 5.32 Å². The largest absolute Gasteiger partial charge is 0.395 e. The van der Waals surface area contributed by atoms with Crippen molar-refractivity contribution in [2.24, 2.45) is 0 Å². The van der Waals surface area contributed by atoms with E-state index in [1.807, 2.05) is 20.8 Å². The highest BCUT2D eigenvalue weighted by molar-refractivity contribution is 5.17. The van der Waals surface area contributed by atoms with Crippen molar-refractivity contribution in [2.45, 2.75) is 33.2 Å². The zero-order valence-corrected chi connectivity index (χ0v) is 10.3. The number of aliphatic hydroxyl groups is 1. The van der Waals surface area contributed by atoms with Crippen molar-refractivity contribution >= 4 is 0 Å². The fourth-order valence-electron chi connectivity index (χ4n) is 1.39. The van der Waals surface area contributed by atoms with Crippen molar-refractivity contribution in [1.29, 1.82) is 0 Å². The minimum absolute atomic E-state index is 0.0606. The Bertz CT molecular complexity index is 261. The van der Waals surface area contributed by atoms with Gasteiger partial charge in [0.2, 0.25) is 0 Å². The molecule has 92 valence electrons. The molecule has 0 aliphatic heterocycles. The maximum atomic E-state index is 12.6. The summed E-state index contributed by atoms with van der Waals surface area (Å²) in [6.45, 7) is 6.92. The fourth-order valence-corrected chi connectivity index (χ4v) is 1.39. The zero-order valence-electron chi connectivity index (χ0n) is 10.3. The van der Waals surface area contributed by atoms with E-state index < -0.39 is 0 Å². The van der Waals surface area contributed by atoms with Gasteiger partial charge in [-0.2, -0.15) is 0 Å². The Morgan fingerprint density at radius 3 is 2.25 bits per heavy atom. The van der Waals surface area contributed by atoms with Crippen molar-refractivity contribution < 1.29 is 9.50 Å². The molecular formula is C13H22FNO. The number of rotatable bonds is 5. The first-order chi connectivity index (χ1) is 7.76. The average molecular weight is 227 g/mol. The molecule has 3 heteroatoms. The highest BCUT2D eigenvalue weighted by atomic mass is 19.1. The van der Waals surface area contributed by atoms with Gasteiger partial charge in [-0.3, -0.25) is 0 Å². The van der Waals surface area contributed by atoms with Crippen molar-refractivity contribution in [3.05, 3.63) is 35.6 Å². The summed E-state index contributed by atoms with van der Waals surface area (Å²) in [6, 6.07) is 6.43. The number of halogens is 1. The Balaban J connectivity index is 0.00000106. The molecule has 0 saturated carbocycles. The van der Waals surface area contributed by atoms with Gasteiger partial charge in [-0.05, 0) is 30.7 Å². The van der Waals surface area contributed by atoms with E-state index in [1.165, 1.54) is 12.1 Å².